The highest BCUT2D eigenvalue weighted by Crippen LogP contribution is 2.23. The van der Waals surface area contributed by atoms with E-state index in [9.17, 15) is 0 Å². The quantitative estimate of drug-likeness (QED) is 0.781. The van der Waals surface area contributed by atoms with Crippen LogP contribution in [0, 0.1) is 5.41 Å². The molecule has 0 aromatic carbocycles. The Morgan fingerprint density at radius 2 is 2.06 bits per heavy atom. The summed E-state index contributed by atoms with van der Waals surface area (Å²) in [6.07, 6.45) is 1.28. The highest BCUT2D eigenvalue weighted by molar-refractivity contribution is 7.99. The van der Waals surface area contributed by atoms with Crippen LogP contribution in [0.15, 0.2) is 0 Å². The van der Waals surface area contributed by atoms with Crippen LogP contribution in [0.3, 0.4) is 0 Å². The van der Waals surface area contributed by atoms with E-state index in [0.29, 0.717) is 11.5 Å². The smallest absolute Gasteiger partial charge is 0.0243 e. The maximum absolute atomic E-state index is 3.72. The molecule has 2 nitrogen and oxygen atoms in total. The van der Waals surface area contributed by atoms with E-state index in [1.54, 1.807) is 0 Å². The van der Waals surface area contributed by atoms with Gasteiger partial charge in [0.25, 0.3) is 0 Å². The van der Waals surface area contributed by atoms with Gasteiger partial charge in [0.2, 0.25) is 0 Å². The maximum Gasteiger partial charge on any atom is 0.0243 e. The molecule has 1 saturated heterocycles. The van der Waals surface area contributed by atoms with Crippen molar-refractivity contribution in [2.24, 2.45) is 5.41 Å². The summed E-state index contributed by atoms with van der Waals surface area (Å²) in [6, 6.07) is 1.35. The highest BCUT2D eigenvalue weighted by Gasteiger charge is 2.30. The first-order chi connectivity index (χ1) is 7.95. The summed E-state index contributed by atoms with van der Waals surface area (Å²) in [5, 5.41) is 3.72. The molecule has 102 valence electrons. The molecule has 3 heteroatoms. The fourth-order valence-electron chi connectivity index (χ4n) is 2.35. The third-order valence-electron chi connectivity index (χ3n) is 3.77. The summed E-state index contributed by atoms with van der Waals surface area (Å²) in [4.78, 5) is 2.68. The van der Waals surface area contributed by atoms with Crippen LogP contribution >= 0.6 is 11.8 Å². The van der Waals surface area contributed by atoms with Crippen LogP contribution in [0.2, 0.25) is 0 Å². The van der Waals surface area contributed by atoms with Gasteiger partial charge in [-0.3, -0.25) is 4.90 Å². The number of rotatable bonds is 4. The molecule has 1 N–H and O–H groups in total. The normalized spacial score (nSPS) is 28.1. The van der Waals surface area contributed by atoms with Gasteiger partial charge in [0.05, 0.1) is 0 Å². The zero-order chi connectivity index (χ0) is 12.9. The lowest BCUT2D eigenvalue weighted by atomic mass is 9.86. The minimum atomic E-state index is 0.361. The Balaban J connectivity index is 2.53. The van der Waals surface area contributed by atoms with E-state index >= 15 is 0 Å². The van der Waals surface area contributed by atoms with Gasteiger partial charge in [-0.25, -0.2) is 0 Å². The molecule has 1 aliphatic heterocycles. The standard InChI is InChI=1S/C14H30N2S/c1-6-17-10-9-16-11-13(14(3,4)5)15-8-7-12(16)2/h12-13,15H,6-11H2,1-5H3. The van der Waals surface area contributed by atoms with Crippen LogP contribution in [-0.2, 0) is 0 Å². The zero-order valence-corrected chi connectivity index (χ0v) is 13.1. The minimum absolute atomic E-state index is 0.361. The van der Waals surface area contributed by atoms with Crippen LogP contribution < -0.4 is 5.32 Å². The van der Waals surface area contributed by atoms with Gasteiger partial charge in [-0.15, -0.1) is 0 Å². The molecule has 0 radical (unpaired) electrons. The summed E-state index contributed by atoms with van der Waals surface area (Å²) in [5.41, 5.74) is 0.361. The minimum Gasteiger partial charge on any atom is -0.312 e. The van der Waals surface area contributed by atoms with E-state index in [0.717, 1.165) is 6.04 Å². The first-order valence-electron chi connectivity index (χ1n) is 7.00. The van der Waals surface area contributed by atoms with E-state index in [-0.39, 0.29) is 0 Å². The Bertz CT molecular complexity index is 213. The van der Waals surface area contributed by atoms with E-state index < -0.39 is 0 Å². The van der Waals surface area contributed by atoms with Gasteiger partial charge in [0.15, 0.2) is 0 Å². The summed E-state index contributed by atoms with van der Waals surface area (Å²) in [5.74, 6) is 2.51. The Hall–Kier alpha value is 0.270. The largest absolute Gasteiger partial charge is 0.312 e. The fourth-order valence-corrected chi connectivity index (χ4v) is 3.00. The van der Waals surface area contributed by atoms with Crippen LogP contribution in [0.1, 0.15) is 41.0 Å². The summed E-state index contributed by atoms with van der Waals surface area (Å²) in [7, 11) is 0. The van der Waals surface area contributed by atoms with Crippen molar-refractivity contribution in [2.45, 2.75) is 53.1 Å². The van der Waals surface area contributed by atoms with Gasteiger partial charge in [-0.1, -0.05) is 27.7 Å². The Morgan fingerprint density at radius 1 is 1.35 bits per heavy atom. The molecule has 0 aromatic heterocycles. The summed E-state index contributed by atoms with van der Waals surface area (Å²) in [6.45, 7) is 15.3. The van der Waals surface area contributed by atoms with Crippen LogP contribution in [0.5, 0.6) is 0 Å². The van der Waals surface area contributed by atoms with Gasteiger partial charge in [0.1, 0.15) is 0 Å². The average molecular weight is 258 g/mol. The van der Waals surface area contributed by atoms with Crippen molar-refractivity contribution < 1.29 is 0 Å². The number of nitrogens with one attached hydrogen (secondary N) is 1. The summed E-state index contributed by atoms with van der Waals surface area (Å²) >= 11 is 2.06. The van der Waals surface area contributed by atoms with Crippen molar-refractivity contribution in [3.63, 3.8) is 0 Å². The lowest BCUT2D eigenvalue weighted by Crippen LogP contribution is -2.47. The van der Waals surface area contributed by atoms with Crippen LogP contribution in [0.25, 0.3) is 0 Å². The first-order valence-corrected chi connectivity index (χ1v) is 8.15. The van der Waals surface area contributed by atoms with Gasteiger partial charge in [0, 0.05) is 30.9 Å². The molecule has 1 heterocycles. The molecular weight excluding hydrogens is 228 g/mol. The zero-order valence-electron chi connectivity index (χ0n) is 12.3. The lowest BCUT2D eigenvalue weighted by Gasteiger charge is -2.35. The van der Waals surface area contributed by atoms with Crippen molar-refractivity contribution >= 4 is 11.8 Å². The molecule has 1 rings (SSSR count). The molecule has 2 atom stereocenters. The Morgan fingerprint density at radius 3 is 2.65 bits per heavy atom. The predicted octanol–water partition coefficient (Wildman–Crippen LogP) is 2.84. The van der Waals surface area contributed by atoms with Crippen molar-refractivity contribution in [3.05, 3.63) is 0 Å². The molecule has 0 bridgehead atoms. The van der Waals surface area contributed by atoms with E-state index in [4.69, 9.17) is 0 Å². The van der Waals surface area contributed by atoms with Crippen molar-refractivity contribution in [3.8, 4) is 0 Å². The molecule has 2 unspecified atom stereocenters. The molecule has 0 amide bonds. The number of thioether (sulfide) groups is 1. The van der Waals surface area contributed by atoms with Gasteiger partial charge in [-0.2, -0.15) is 11.8 Å². The van der Waals surface area contributed by atoms with Gasteiger partial charge >= 0.3 is 0 Å². The highest BCUT2D eigenvalue weighted by atomic mass is 32.2. The third kappa shape index (κ3) is 5.19. The number of hydrogen-bond acceptors (Lipinski definition) is 3. The first kappa shape index (κ1) is 15.3. The molecule has 0 aromatic rings. The molecule has 0 saturated carbocycles. The second kappa shape index (κ2) is 7.01. The monoisotopic (exact) mass is 258 g/mol. The fraction of sp³-hybridized carbons (Fsp3) is 1.00. The van der Waals surface area contributed by atoms with Crippen LogP contribution in [-0.4, -0.2) is 48.1 Å². The average Bonchev–Trinajstić information content (AvgIpc) is 2.41. The predicted molar refractivity (Wildman–Crippen MR) is 79.9 cm³/mol. The summed E-state index contributed by atoms with van der Waals surface area (Å²) < 4.78 is 0. The van der Waals surface area contributed by atoms with Gasteiger partial charge < -0.3 is 5.32 Å². The Kier molecular flexibility index (Phi) is 6.32. The van der Waals surface area contributed by atoms with Crippen LogP contribution in [0.4, 0.5) is 0 Å². The van der Waals surface area contributed by atoms with E-state index in [1.807, 2.05) is 0 Å². The second-order valence-corrected chi connectivity index (χ2v) is 7.60. The topological polar surface area (TPSA) is 15.3 Å². The van der Waals surface area contributed by atoms with Gasteiger partial charge in [-0.05, 0) is 31.1 Å². The lowest BCUT2D eigenvalue weighted by molar-refractivity contribution is 0.172. The SMILES string of the molecule is CCSCCN1CC(C(C)(C)C)NCCC1C. The molecular formula is C14H30N2S. The van der Waals surface area contributed by atoms with E-state index in [1.165, 1.54) is 37.6 Å². The maximum atomic E-state index is 3.72. The van der Waals surface area contributed by atoms with Crippen molar-refractivity contribution in [1.82, 2.24) is 10.2 Å². The molecule has 0 spiro atoms. The molecule has 0 aliphatic carbocycles. The number of nitrogens with zero attached hydrogens (tertiary/aromatic N) is 1. The van der Waals surface area contributed by atoms with Crippen molar-refractivity contribution in [2.75, 3.05) is 31.1 Å². The number of hydrogen-bond donors (Lipinski definition) is 1. The van der Waals surface area contributed by atoms with Crippen molar-refractivity contribution in [1.29, 1.82) is 0 Å². The third-order valence-corrected chi connectivity index (χ3v) is 4.65. The molecule has 1 fully saturated rings. The molecule has 1 aliphatic rings. The van der Waals surface area contributed by atoms with E-state index in [2.05, 4.69) is 56.6 Å². The Labute approximate surface area is 112 Å². The second-order valence-electron chi connectivity index (χ2n) is 6.20. The molecule has 17 heavy (non-hydrogen) atoms.